The van der Waals surface area contributed by atoms with Gasteiger partial charge in [0.15, 0.2) is 25.2 Å². The zero-order valence-corrected chi connectivity index (χ0v) is 29.3. The molecule has 1 aliphatic carbocycles. The van der Waals surface area contributed by atoms with Gasteiger partial charge in [-0.1, -0.05) is 6.08 Å². The Morgan fingerprint density at radius 3 is 1.47 bits per heavy atom. The van der Waals surface area contributed by atoms with E-state index in [9.17, 15) is 81.7 Å². The highest BCUT2D eigenvalue weighted by molar-refractivity contribution is 5.23. The van der Waals surface area contributed by atoms with Crippen molar-refractivity contribution in [3.05, 3.63) is 11.6 Å². The molecular weight excluding hydrogens is 754 g/mol. The van der Waals surface area contributed by atoms with Crippen molar-refractivity contribution in [2.24, 2.45) is 0 Å². The summed E-state index contributed by atoms with van der Waals surface area (Å²) < 4.78 is 38.5. The number of hydrogen-bond acceptors (Lipinski definition) is 24. The van der Waals surface area contributed by atoms with Crippen molar-refractivity contribution in [1.82, 2.24) is 5.32 Å². The fourth-order valence-corrected chi connectivity index (χ4v) is 7.29. The van der Waals surface area contributed by atoms with E-state index in [0.29, 0.717) is 0 Å². The van der Waals surface area contributed by atoms with Gasteiger partial charge in [0.1, 0.15) is 104 Å². The Bertz CT molecular complexity index is 1250. The van der Waals surface area contributed by atoms with Crippen molar-refractivity contribution < 1.29 is 115 Å². The molecule has 55 heavy (non-hydrogen) atoms. The van der Waals surface area contributed by atoms with Crippen LogP contribution < -0.4 is 5.32 Å². The normalized spacial score (nSPS) is 52.5. The molecule has 5 rings (SSSR count). The minimum absolute atomic E-state index is 0.0674. The van der Waals surface area contributed by atoms with Crippen LogP contribution in [0, 0.1) is 0 Å². The lowest BCUT2D eigenvalue weighted by Crippen LogP contribution is -2.67. The molecule has 0 unspecified atom stereocenters. The van der Waals surface area contributed by atoms with Crippen molar-refractivity contribution in [2.75, 3.05) is 26.4 Å². The average molecular weight is 808 g/mol. The van der Waals surface area contributed by atoms with Gasteiger partial charge in [-0.25, -0.2) is 0 Å². The highest BCUT2D eigenvalue weighted by Gasteiger charge is 2.55. The van der Waals surface area contributed by atoms with E-state index >= 15 is 0 Å². The van der Waals surface area contributed by atoms with E-state index in [1.807, 2.05) is 0 Å². The summed E-state index contributed by atoms with van der Waals surface area (Å²) in [6.45, 7) is -1.95. The van der Waals surface area contributed by atoms with Gasteiger partial charge in [0, 0.05) is 0 Å². The van der Waals surface area contributed by atoms with Crippen molar-refractivity contribution in [3.8, 4) is 0 Å². The lowest BCUT2D eigenvalue weighted by Gasteiger charge is -2.48. The minimum Gasteiger partial charge on any atom is -0.394 e. The van der Waals surface area contributed by atoms with Crippen LogP contribution in [0.1, 0.15) is 6.92 Å². The number of ether oxygens (including phenoxy) is 7. The Labute approximate surface area is 312 Å². The van der Waals surface area contributed by atoms with Gasteiger partial charge in [-0.3, -0.25) is 0 Å². The maximum absolute atomic E-state index is 11.1. The van der Waals surface area contributed by atoms with Crippen molar-refractivity contribution >= 4 is 0 Å². The number of hydrogen-bond donors (Lipinski definition) is 17. The average Bonchev–Trinajstić information content (AvgIpc) is 3.17. The van der Waals surface area contributed by atoms with Crippen LogP contribution in [0.3, 0.4) is 0 Å². The molecule has 0 bridgehead atoms. The molecular formula is C31H53NO23. The third-order valence-corrected chi connectivity index (χ3v) is 10.6. The highest BCUT2D eigenvalue weighted by Crippen LogP contribution is 2.34. The summed E-state index contributed by atoms with van der Waals surface area (Å²) in [5.41, 5.74) is -0.0674. The Hall–Kier alpha value is -1.22. The van der Waals surface area contributed by atoms with Gasteiger partial charge in [-0.2, -0.15) is 0 Å². The van der Waals surface area contributed by atoms with Crippen LogP contribution in [0.4, 0.5) is 0 Å². The second-order valence-corrected chi connectivity index (χ2v) is 14.2. The molecule has 0 radical (unpaired) electrons. The molecule has 4 fully saturated rings. The zero-order chi connectivity index (χ0) is 40.6. The lowest BCUT2D eigenvalue weighted by atomic mass is 9.86. The molecule has 5 aliphatic rings. The first-order valence-corrected chi connectivity index (χ1v) is 17.6. The monoisotopic (exact) mass is 807 g/mol. The van der Waals surface area contributed by atoms with Gasteiger partial charge >= 0.3 is 0 Å². The molecule has 0 spiro atoms. The van der Waals surface area contributed by atoms with E-state index in [1.54, 1.807) is 0 Å². The topological polar surface area (TPSA) is 400 Å². The van der Waals surface area contributed by atoms with E-state index in [4.69, 9.17) is 33.2 Å². The van der Waals surface area contributed by atoms with E-state index in [0.717, 1.165) is 0 Å². The van der Waals surface area contributed by atoms with E-state index in [-0.39, 0.29) is 5.57 Å². The summed E-state index contributed by atoms with van der Waals surface area (Å²) in [5, 5.41) is 169. The Balaban J connectivity index is 1.24. The molecule has 0 aromatic carbocycles. The Morgan fingerprint density at radius 2 is 0.982 bits per heavy atom. The summed E-state index contributed by atoms with van der Waals surface area (Å²) in [4.78, 5) is 0. The summed E-state index contributed by atoms with van der Waals surface area (Å²) in [6, 6.07) is -2.25. The predicted molar refractivity (Wildman–Crippen MR) is 170 cm³/mol. The van der Waals surface area contributed by atoms with Gasteiger partial charge < -0.3 is 120 Å². The SMILES string of the molecule is C[C@H]1O[C@H](O)[C@H](O)[C@@H](O)[C@@H]1N[C@H]1C=C(CO)[C@@H](O[C@H]2O[C@H](CO)[C@@H](O[C@H]3O[C@H](CO)[C@@H](O[C@H]4O[C@H](CO)[C@@H](O)[C@H](O)[C@H]4O)[C@H](O)[C@H]3O)[C@H](O)[C@H]2O)[C@H](O)[C@H]1O. The van der Waals surface area contributed by atoms with E-state index in [1.165, 1.54) is 13.0 Å². The maximum atomic E-state index is 11.1. The first-order chi connectivity index (χ1) is 26.0. The number of rotatable bonds is 12. The molecule has 0 aromatic heterocycles. The fraction of sp³-hybridized carbons (Fsp3) is 0.935. The van der Waals surface area contributed by atoms with Gasteiger partial charge in [0.05, 0.1) is 44.6 Å². The maximum Gasteiger partial charge on any atom is 0.187 e. The standard InChI is InChI=1S/C31H53NO23/c1-7-13(16(39)21(44)28(48)49-7)32-9-2-8(3-33)25(18(41)14(9)37)53-30-23(46)19(42)27(11(5-35)51-30)55-31-24(47)20(43)26(12(6-36)52-31)54-29-22(45)17(40)15(38)10(4-34)50-29/h2,7,9-48H,3-6H2,1H3/t7-,9+,10-,11-,12-,13-,14+,15-,16+,17+,18-,19-,20-,21-,22-,23-,24-,25-,26-,27-,28+,29-,30-,31-/m1/s1. The molecule has 24 heteroatoms. The second-order valence-electron chi connectivity index (χ2n) is 14.2. The largest absolute Gasteiger partial charge is 0.394 e. The van der Waals surface area contributed by atoms with Gasteiger partial charge in [-0.05, 0) is 12.5 Å². The molecule has 0 saturated carbocycles. The molecule has 0 aromatic rings. The predicted octanol–water partition coefficient (Wildman–Crippen LogP) is -10.7. The summed E-state index contributed by atoms with van der Waals surface area (Å²) in [5.74, 6) is 0. The first kappa shape index (κ1) is 44.9. The molecule has 4 saturated heterocycles. The molecule has 4 aliphatic heterocycles. The third kappa shape index (κ3) is 9.03. The Morgan fingerprint density at radius 1 is 0.509 bits per heavy atom. The fourth-order valence-electron chi connectivity index (χ4n) is 7.29. The quantitative estimate of drug-likeness (QED) is 0.0814. The molecule has 24 atom stereocenters. The van der Waals surface area contributed by atoms with Gasteiger partial charge in [-0.15, -0.1) is 0 Å². The summed E-state index contributed by atoms with van der Waals surface area (Å²) >= 11 is 0. The molecule has 320 valence electrons. The number of aliphatic hydroxyl groups is 16. The van der Waals surface area contributed by atoms with Crippen LogP contribution in [0.5, 0.6) is 0 Å². The molecule has 4 heterocycles. The van der Waals surface area contributed by atoms with Gasteiger partial charge in [0.2, 0.25) is 0 Å². The number of nitrogens with one attached hydrogen (secondary N) is 1. The Kier molecular flexibility index (Phi) is 15.3. The van der Waals surface area contributed by atoms with Crippen molar-refractivity contribution in [2.45, 2.75) is 154 Å². The van der Waals surface area contributed by atoms with Crippen molar-refractivity contribution in [1.29, 1.82) is 0 Å². The minimum atomic E-state index is -2.05. The smallest absolute Gasteiger partial charge is 0.187 e. The summed E-state index contributed by atoms with van der Waals surface area (Å²) in [7, 11) is 0. The van der Waals surface area contributed by atoms with E-state index < -0.39 is 174 Å². The molecule has 24 nitrogen and oxygen atoms in total. The zero-order valence-electron chi connectivity index (χ0n) is 29.3. The third-order valence-electron chi connectivity index (χ3n) is 10.6. The summed E-state index contributed by atoms with van der Waals surface area (Å²) in [6.07, 6.45) is -36.9. The van der Waals surface area contributed by atoms with Crippen LogP contribution in [0.2, 0.25) is 0 Å². The second kappa shape index (κ2) is 18.8. The van der Waals surface area contributed by atoms with Crippen LogP contribution in [0.15, 0.2) is 11.6 Å². The molecule has 0 amide bonds. The van der Waals surface area contributed by atoms with Gasteiger partial charge in [0.25, 0.3) is 0 Å². The number of aliphatic hydroxyl groups excluding tert-OH is 16. The lowest BCUT2D eigenvalue weighted by molar-refractivity contribution is -0.381. The van der Waals surface area contributed by atoms with Crippen LogP contribution in [-0.4, -0.2) is 255 Å². The van der Waals surface area contributed by atoms with Crippen LogP contribution in [0.25, 0.3) is 0 Å². The molecule has 17 N–H and O–H groups in total. The first-order valence-electron chi connectivity index (χ1n) is 17.6. The van der Waals surface area contributed by atoms with E-state index in [2.05, 4.69) is 5.32 Å². The van der Waals surface area contributed by atoms with Crippen LogP contribution >= 0.6 is 0 Å². The van der Waals surface area contributed by atoms with Crippen molar-refractivity contribution in [3.63, 3.8) is 0 Å². The highest BCUT2D eigenvalue weighted by atomic mass is 16.8. The van der Waals surface area contributed by atoms with Crippen LogP contribution in [-0.2, 0) is 33.2 Å².